The van der Waals surface area contributed by atoms with Crippen molar-refractivity contribution >= 4 is 28.6 Å². The van der Waals surface area contributed by atoms with Gasteiger partial charge >= 0.3 is 0 Å². The smallest absolute Gasteiger partial charge is 0.268 e. The maximum absolute atomic E-state index is 13.0. The molecule has 4 rings (SSSR count). The molecule has 152 valence electrons. The zero-order valence-electron chi connectivity index (χ0n) is 16.9. The Morgan fingerprint density at radius 1 is 1.00 bits per heavy atom. The minimum Gasteiger partial charge on any atom is -0.497 e. The Bertz CT molecular complexity index is 1120. The first kappa shape index (κ1) is 20.1. The molecule has 0 saturated carbocycles. The molecular weight excluding hydrogens is 392 g/mol. The number of hydrogen-bond acceptors (Lipinski definition) is 3. The normalized spacial score (nSPS) is 10.8. The molecule has 0 fully saturated rings. The number of aryl methyl sites for hydroxylation is 1. The van der Waals surface area contributed by atoms with Crippen LogP contribution in [0.2, 0.25) is 0 Å². The summed E-state index contributed by atoms with van der Waals surface area (Å²) in [6.07, 6.45) is 1.83. The molecule has 0 radical (unpaired) electrons. The molecular formula is C25H24N2O2S. The fourth-order valence-electron chi connectivity index (χ4n) is 3.38. The van der Waals surface area contributed by atoms with Gasteiger partial charge in [0.05, 0.1) is 17.5 Å². The van der Waals surface area contributed by atoms with Gasteiger partial charge in [0, 0.05) is 22.9 Å². The van der Waals surface area contributed by atoms with Crippen molar-refractivity contribution in [2.24, 2.45) is 0 Å². The summed E-state index contributed by atoms with van der Waals surface area (Å²) in [5.41, 5.74) is 2.76. The number of carbonyl (C=O) groups is 1. The molecule has 3 aromatic carbocycles. The average molecular weight is 417 g/mol. The molecule has 1 heterocycles. The SMILES string of the molecule is COc1ccc2c(Sc3ccccc3)c(C(=O)NCCCc3ccccc3)[nH]c2c1. The number of benzene rings is 3. The molecule has 1 aromatic heterocycles. The Hall–Kier alpha value is -3.18. The number of nitrogens with one attached hydrogen (secondary N) is 2. The molecule has 0 aliphatic carbocycles. The van der Waals surface area contributed by atoms with E-state index in [4.69, 9.17) is 4.74 Å². The number of aromatic amines is 1. The van der Waals surface area contributed by atoms with E-state index >= 15 is 0 Å². The van der Waals surface area contributed by atoms with Gasteiger partial charge < -0.3 is 15.0 Å². The van der Waals surface area contributed by atoms with E-state index in [-0.39, 0.29) is 5.91 Å². The van der Waals surface area contributed by atoms with Crippen molar-refractivity contribution in [1.82, 2.24) is 10.3 Å². The number of aromatic nitrogens is 1. The molecule has 2 N–H and O–H groups in total. The largest absolute Gasteiger partial charge is 0.497 e. The van der Waals surface area contributed by atoms with E-state index in [1.165, 1.54) is 5.56 Å². The Balaban J connectivity index is 1.53. The zero-order valence-corrected chi connectivity index (χ0v) is 17.7. The first-order chi connectivity index (χ1) is 14.7. The van der Waals surface area contributed by atoms with Crippen LogP contribution in [0.3, 0.4) is 0 Å². The summed E-state index contributed by atoms with van der Waals surface area (Å²) in [6.45, 7) is 0.627. The van der Waals surface area contributed by atoms with Crippen LogP contribution in [0.25, 0.3) is 10.9 Å². The molecule has 0 aliphatic heterocycles. The highest BCUT2D eigenvalue weighted by molar-refractivity contribution is 7.99. The van der Waals surface area contributed by atoms with Crippen molar-refractivity contribution in [2.45, 2.75) is 22.6 Å². The number of hydrogen-bond donors (Lipinski definition) is 2. The highest BCUT2D eigenvalue weighted by atomic mass is 32.2. The van der Waals surface area contributed by atoms with Crippen LogP contribution < -0.4 is 10.1 Å². The van der Waals surface area contributed by atoms with Crippen LogP contribution in [0, 0.1) is 0 Å². The highest BCUT2D eigenvalue weighted by Gasteiger charge is 2.19. The number of carbonyl (C=O) groups excluding carboxylic acids is 1. The maximum Gasteiger partial charge on any atom is 0.268 e. The standard InChI is InChI=1S/C25H24N2O2S/c1-29-19-14-15-21-22(17-19)27-23(24(21)30-20-12-6-3-7-13-20)25(28)26-16-8-11-18-9-4-2-5-10-18/h2-7,9-10,12-15,17,27H,8,11,16H2,1H3,(H,26,28). The van der Waals surface area contributed by atoms with Crippen molar-refractivity contribution in [1.29, 1.82) is 0 Å². The highest BCUT2D eigenvalue weighted by Crippen LogP contribution is 2.37. The molecule has 0 bridgehead atoms. The third-order valence-corrected chi connectivity index (χ3v) is 6.05. The van der Waals surface area contributed by atoms with E-state index in [1.807, 2.05) is 54.6 Å². The molecule has 30 heavy (non-hydrogen) atoms. The molecule has 0 aliphatic rings. The molecule has 0 unspecified atom stereocenters. The average Bonchev–Trinajstić information content (AvgIpc) is 3.15. The van der Waals surface area contributed by atoms with Crippen LogP contribution in [0.1, 0.15) is 22.5 Å². The number of methoxy groups -OCH3 is 1. The summed E-state index contributed by atoms with van der Waals surface area (Å²) < 4.78 is 5.34. The van der Waals surface area contributed by atoms with Crippen molar-refractivity contribution in [3.63, 3.8) is 0 Å². The third-order valence-electron chi connectivity index (χ3n) is 4.92. The molecule has 0 spiro atoms. The maximum atomic E-state index is 13.0. The number of fused-ring (bicyclic) bond motifs is 1. The van der Waals surface area contributed by atoms with Crippen LogP contribution in [0.4, 0.5) is 0 Å². The van der Waals surface area contributed by atoms with E-state index in [0.29, 0.717) is 12.2 Å². The third kappa shape index (κ3) is 4.69. The van der Waals surface area contributed by atoms with Gasteiger partial charge in [-0.15, -0.1) is 0 Å². The number of ether oxygens (including phenoxy) is 1. The topological polar surface area (TPSA) is 54.1 Å². The molecule has 5 heteroatoms. The summed E-state index contributed by atoms with van der Waals surface area (Å²) in [4.78, 5) is 18.3. The number of amides is 1. The fourth-order valence-corrected chi connectivity index (χ4v) is 4.44. The molecule has 4 nitrogen and oxygen atoms in total. The van der Waals surface area contributed by atoms with Gasteiger partial charge in [-0.2, -0.15) is 0 Å². The Morgan fingerprint density at radius 3 is 2.47 bits per heavy atom. The summed E-state index contributed by atoms with van der Waals surface area (Å²) in [5.74, 6) is 0.673. The van der Waals surface area contributed by atoms with Crippen LogP contribution in [0.15, 0.2) is 88.7 Å². The van der Waals surface area contributed by atoms with Gasteiger partial charge in [-0.05, 0) is 42.7 Å². The van der Waals surface area contributed by atoms with Crippen molar-refractivity contribution < 1.29 is 9.53 Å². The molecule has 0 saturated heterocycles. The summed E-state index contributed by atoms with van der Waals surface area (Å²) in [5, 5.41) is 4.08. The lowest BCUT2D eigenvalue weighted by Crippen LogP contribution is -2.25. The predicted molar refractivity (Wildman–Crippen MR) is 123 cm³/mol. The van der Waals surface area contributed by atoms with Gasteiger partial charge in [-0.3, -0.25) is 4.79 Å². The number of H-pyrrole nitrogens is 1. The minimum atomic E-state index is -0.0864. The van der Waals surface area contributed by atoms with Crippen LogP contribution in [-0.4, -0.2) is 24.5 Å². The van der Waals surface area contributed by atoms with E-state index in [1.54, 1.807) is 18.9 Å². The molecule has 1 amide bonds. The Morgan fingerprint density at radius 2 is 1.73 bits per heavy atom. The minimum absolute atomic E-state index is 0.0864. The Kier molecular flexibility index (Phi) is 6.40. The van der Waals surface area contributed by atoms with Crippen LogP contribution >= 0.6 is 11.8 Å². The van der Waals surface area contributed by atoms with E-state index in [0.717, 1.165) is 39.3 Å². The summed E-state index contributed by atoms with van der Waals surface area (Å²) in [6, 6.07) is 26.3. The van der Waals surface area contributed by atoms with Crippen molar-refractivity contribution in [3.05, 3.63) is 90.1 Å². The molecule has 0 atom stereocenters. The lowest BCUT2D eigenvalue weighted by Gasteiger charge is -2.07. The van der Waals surface area contributed by atoms with Crippen LogP contribution in [0.5, 0.6) is 5.75 Å². The summed E-state index contributed by atoms with van der Waals surface area (Å²) in [7, 11) is 1.64. The second kappa shape index (κ2) is 9.55. The van der Waals surface area contributed by atoms with Gasteiger partial charge in [-0.25, -0.2) is 0 Å². The molecule has 4 aromatic rings. The monoisotopic (exact) mass is 416 g/mol. The second-order valence-corrected chi connectivity index (χ2v) is 8.08. The second-order valence-electron chi connectivity index (χ2n) is 7.00. The predicted octanol–water partition coefficient (Wildman–Crippen LogP) is 5.69. The Labute approximate surface area is 180 Å². The first-order valence-electron chi connectivity index (χ1n) is 9.99. The number of rotatable bonds is 8. The summed E-state index contributed by atoms with van der Waals surface area (Å²) >= 11 is 1.60. The van der Waals surface area contributed by atoms with Crippen molar-refractivity contribution in [3.8, 4) is 5.75 Å². The van der Waals surface area contributed by atoms with E-state index < -0.39 is 0 Å². The first-order valence-corrected chi connectivity index (χ1v) is 10.8. The fraction of sp³-hybridized carbons (Fsp3) is 0.160. The van der Waals surface area contributed by atoms with Gasteiger partial charge in [0.2, 0.25) is 0 Å². The van der Waals surface area contributed by atoms with Crippen molar-refractivity contribution in [2.75, 3.05) is 13.7 Å². The van der Waals surface area contributed by atoms with Gasteiger partial charge in [0.1, 0.15) is 11.4 Å². The van der Waals surface area contributed by atoms with E-state index in [2.05, 4.69) is 34.6 Å². The zero-order chi connectivity index (χ0) is 20.8. The van der Waals surface area contributed by atoms with E-state index in [9.17, 15) is 4.79 Å². The van der Waals surface area contributed by atoms with Gasteiger partial charge in [0.25, 0.3) is 5.91 Å². The van der Waals surface area contributed by atoms with Gasteiger partial charge in [0.15, 0.2) is 0 Å². The van der Waals surface area contributed by atoms with Gasteiger partial charge in [-0.1, -0.05) is 60.3 Å². The lowest BCUT2D eigenvalue weighted by molar-refractivity contribution is 0.0946. The van der Waals surface area contributed by atoms with Crippen LogP contribution in [-0.2, 0) is 6.42 Å². The lowest BCUT2D eigenvalue weighted by atomic mass is 10.1. The quantitative estimate of drug-likeness (QED) is 0.363.